The van der Waals surface area contributed by atoms with Gasteiger partial charge in [0.05, 0.1) is 10.6 Å². The molecule has 0 fully saturated rings. The zero-order valence-corrected chi connectivity index (χ0v) is 8.38. The Morgan fingerprint density at radius 1 is 1.40 bits per heavy atom. The van der Waals surface area contributed by atoms with Gasteiger partial charge in [0.2, 0.25) is 0 Å². The van der Waals surface area contributed by atoms with Crippen molar-refractivity contribution in [3.8, 4) is 0 Å². The zero-order chi connectivity index (χ0) is 10.8. The van der Waals surface area contributed by atoms with E-state index in [0.717, 1.165) is 24.4 Å². The first kappa shape index (κ1) is 9.64. The highest BCUT2D eigenvalue weighted by molar-refractivity contribution is 5.85. The van der Waals surface area contributed by atoms with Gasteiger partial charge >= 0.3 is 0 Å². The predicted molar refractivity (Wildman–Crippen MR) is 58.2 cm³/mol. The summed E-state index contributed by atoms with van der Waals surface area (Å²) in [4.78, 5) is 10.0. The molecule has 0 bridgehead atoms. The van der Waals surface area contributed by atoms with Gasteiger partial charge in [0.15, 0.2) is 0 Å². The number of benzene rings is 1. The maximum Gasteiger partial charge on any atom is 0.269 e. The summed E-state index contributed by atoms with van der Waals surface area (Å²) >= 11 is 0. The van der Waals surface area contributed by atoms with Crippen molar-refractivity contribution < 1.29 is 4.92 Å². The summed E-state index contributed by atoms with van der Waals surface area (Å²) in [5.74, 6) is 0. The van der Waals surface area contributed by atoms with Crippen LogP contribution in [0.1, 0.15) is 13.3 Å². The Balaban J connectivity index is 2.21. The van der Waals surface area contributed by atoms with Gasteiger partial charge in [-0.2, -0.15) is 5.10 Å². The van der Waals surface area contributed by atoms with E-state index in [9.17, 15) is 10.1 Å². The third-order valence-corrected chi connectivity index (χ3v) is 2.34. The number of nitro benzene ring substituents is 1. The van der Waals surface area contributed by atoms with Gasteiger partial charge in [-0.3, -0.25) is 15.1 Å². The number of hydrazone groups is 1. The lowest BCUT2D eigenvalue weighted by Gasteiger charge is -2.12. The average Bonchev–Trinajstić information content (AvgIpc) is 2.65. The highest BCUT2D eigenvalue weighted by Crippen LogP contribution is 2.22. The Labute approximate surface area is 87.2 Å². The van der Waals surface area contributed by atoms with E-state index in [1.54, 1.807) is 12.1 Å². The lowest BCUT2D eigenvalue weighted by Crippen LogP contribution is -2.11. The second-order valence-electron chi connectivity index (χ2n) is 3.48. The first-order valence-electron chi connectivity index (χ1n) is 4.73. The van der Waals surface area contributed by atoms with Crippen LogP contribution in [0.25, 0.3) is 0 Å². The Hall–Kier alpha value is -1.91. The maximum atomic E-state index is 10.4. The van der Waals surface area contributed by atoms with E-state index in [0.29, 0.717) is 0 Å². The molecule has 1 aromatic carbocycles. The lowest BCUT2D eigenvalue weighted by molar-refractivity contribution is -0.384. The van der Waals surface area contributed by atoms with Crippen LogP contribution >= 0.6 is 0 Å². The van der Waals surface area contributed by atoms with Crippen LogP contribution < -0.4 is 5.01 Å². The van der Waals surface area contributed by atoms with Gasteiger partial charge in [-0.25, -0.2) is 0 Å². The standard InChI is InChI=1S/C10H11N3O2/c1-8-6-7-12(11-8)9-2-4-10(5-3-9)13(14)15/h2-5H,6-7H2,1H3. The molecule has 78 valence electrons. The molecule has 5 nitrogen and oxygen atoms in total. The molecule has 0 saturated carbocycles. The van der Waals surface area contributed by atoms with Gasteiger partial charge in [-0.1, -0.05) is 0 Å². The van der Waals surface area contributed by atoms with Gasteiger partial charge in [-0.15, -0.1) is 0 Å². The van der Waals surface area contributed by atoms with E-state index in [1.165, 1.54) is 12.1 Å². The monoisotopic (exact) mass is 205 g/mol. The number of nitrogens with zero attached hydrogens (tertiary/aromatic N) is 3. The van der Waals surface area contributed by atoms with Crippen LogP contribution in [0, 0.1) is 10.1 Å². The summed E-state index contributed by atoms with van der Waals surface area (Å²) < 4.78 is 0. The lowest BCUT2D eigenvalue weighted by atomic mass is 10.2. The molecule has 0 aliphatic carbocycles. The molecule has 0 spiro atoms. The molecule has 0 unspecified atom stereocenters. The van der Waals surface area contributed by atoms with Crippen LogP contribution in [0.2, 0.25) is 0 Å². The van der Waals surface area contributed by atoms with E-state index >= 15 is 0 Å². The van der Waals surface area contributed by atoms with Crippen LogP contribution in [-0.2, 0) is 0 Å². The van der Waals surface area contributed by atoms with Crippen molar-refractivity contribution in [2.45, 2.75) is 13.3 Å². The first-order chi connectivity index (χ1) is 7.16. The van der Waals surface area contributed by atoms with Crippen LogP contribution in [0.4, 0.5) is 11.4 Å². The summed E-state index contributed by atoms with van der Waals surface area (Å²) in [6, 6.07) is 6.44. The van der Waals surface area contributed by atoms with Crippen LogP contribution in [0.3, 0.4) is 0 Å². The highest BCUT2D eigenvalue weighted by atomic mass is 16.6. The molecule has 1 aromatic rings. The van der Waals surface area contributed by atoms with Gasteiger partial charge < -0.3 is 0 Å². The molecule has 0 saturated heterocycles. The maximum absolute atomic E-state index is 10.4. The average molecular weight is 205 g/mol. The fraction of sp³-hybridized carbons (Fsp3) is 0.300. The Morgan fingerprint density at radius 2 is 2.07 bits per heavy atom. The minimum absolute atomic E-state index is 0.110. The van der Waals surface area contributed by atoms with Crippen LogP contribution in [-0.4, -0.2) is 17.2 Å². The van der Waals surface area contributed by atoms with E-state index in [4.69, 9.17) is 0 Å². The smallest absolute Gasteiger partial charge is 0.265 e. The quantitative estimate of drug-likeness (QED) is 0.549. The third-order valence-electron chi connectivity index (χ3n) is 2.34. The Morgan fingerprint density at radius 3 is 2.53 bits per heavy atom. The predicted octanol–water partition coefficient (Wildman–Crippen LogP) is 2.18. The van der Waals surface area contributed by atoms with Crippen molar-refractivity contribution in [2.75, 3.05) is 11.6 Å². The molecule has 1 heterocycles. The fourth-order valence-corrected chi connectivity index (χ4v) is 1.51. The number of non-ortho nitro benzene ring substituents is 1. The second-order valence-corrected chi connectivity index (χ2v) is 3.48. The molecule has 1 aliphatic rings. The third kappa shape index (κ3) is 1.96. The molecule has 0 atom stereocenters. The summed E-state index contributed by atoms with van der Waals surface area (Å²) in [5, 5.41) is 16.6. The summed E-state index contributed by atoms with van der Waals surface area (Å²) in [7, 11) is 0. The van der Waals surface area contributed by atoms with E-state index in [-0.39, 0.29) is 5.69 Å². The van der Waals surface area contributed by atoms with Crippen molar-refractivity contribution in [3.05, 3.63) is 34.4 Å². The van der Waals surface area contributed by atoms with Crippen molar-refractivity contribution in [1.82, 2.24) is 0 Å². The molecular weight excluding hydrogens is 194 g/mol. The molecule has 0 aromatic heterocycles. The Bertz CT molecular complexity index is 411. The molecule has 0 N–H and O–H groups in total. The molecule has 15 heavy (non-hydrogen) atoms. The second kappa shape index (κ2) is 3.68. The first-order valence-corrected chi connectivity index (χ1v) is 4.73. The summed E-state index contributed by atoms with van der Waals surface area (Å²) in [6.45, 7) is 2.83. The normalized spacial score (nSPS) is 15.3. The molecule has 0 amide bonds. The fourth-order valence-electron chi connectivity index (χ4n) is 1.51. The zero-order valence-electron chi connectivity index (χ0n) is 8.38. The number of hydrogen-bond donors (Lipinski definition) is 0. The van der Waals surface area contributed by atoms with Crippen molar-refractivity contribution >= 4 is 17.1 Å². The number of nitro groups is 1. The SMILES string of the molecule is CC1=NN(c2ccc([N+](=O)[O-])cc2)CC1. The Kier molecular flexibility index (Phi) is 2.37. The van der Waals surface area contributed by atoms with Crippen LogP contribution in [0.5, 0.6) is 0 Å². The topological polar surface area (TPSA) is 58.7 Å². The van der Waals surface area contributed by atoms with Crippen molar-refractivity contribution in [1.29, 1.82) is 0 Å². The summed E-state index contributed by atoms with van der Waals surface area (Å²) in [5.41, 5.74) is 2.10. The largest absolute Gasteiger partial charge is 0.269 e. The molecule has 1 aliphatic heterocycles. The van der Waals surface area contributed by atoms with Crippen molar-refractivity contribution in [3.63, 3.8) is 0 Å². The number of rotatable bonds is 2. The van der Waals surface area contributed by atoms with Gasteiger partial charge in [0.1, 0.15) is 0 Å². The molecule has 0 radical (unpaired) electrons. The minimum atomic E-state index is -0.401. The van der Waals surface area contributed by atoms with Gasteiger partial charge in [-0.05, 0) is 19.1 Å². The van der Waals surface area contributed by atoms with E-state index in [2.05, 4.69) is 5.10 Å². The summed E-state index contributed by atoms with van der Waals surface area (Å²) in [6.07, 6.45) is 0.955. The number of hydrogen-bond acceptors (Lipinski definition) is 4. The van der Waals surface area contributed by atoms with Crippen LogP contribution in [0.15, 0.2) is 29.4 Å². The van der Waals surface area contributed by atoms with Gasteiger partial charge in [0, 0.05) is 30.8 Å². The van der Waals surface area contributed by atoms with E-state index in [1.807, 2.05) is 11.9 Å². The molecule has 2 rings (SSSR count). The van der Waals surface area contributed by atoms with E-state index < -0.39 is 4.92 Å². The number of anilines is 1. The molecule has 5 heteroatoms. The van der Waals surface area contributed by atoms with Crippen molar-refractivity contribution in [2.24, 2.45) is 5.10 Å². The highest BCUT2D eigenvalue weighted by Gasteiger charge is 2.13. The minimum Gasteiger partial charge on any atom is -0.265 e. The molecular formula is C10H11N3O2. The van der Waals surface area contributed by atoms with Gasteiger partial charge in [0.25, 0.3) is 5.69 Å².